The molecule has 236 valence electrons. The smallest absolute Gasteiger partial charge is 0.273 e. The average Bonchev–Trinajstić information content (AvgIpc) is 3.02. The third-order valence-electron chi connectivity index (χ3n) is 7.11. The molecule has 0 fully saturated rings. The van der Waals surface area contributed by atoms with Gasteiger partial charge in [0, 0.05) is 24.7 Å². The van der Waals surface area contributed by atoms with Crippen molar-refractivity contribution in [3.63, 3.8) is 0 Å². The highest BCUT2D eigenvalue weighted by Gasteiger charge is 2.33. The van der Waals surface area contributed by atoms with Gasteiger partial charge in [0.15, 0.2) is 0 Å². The first kappa shape index (κ1) is 33.8. The molecule has 0 spiro atoms. The van der Waals surface area contributed by atoms with E-state index in [1.54, 1.807) is 43.3 Å². The Hall–Kier alpha value is -4.65. The first-order valence-electron chi connectivity index (χ1n) is 14.0. The number of methoxy groups -OCH3 is 2. The summed E-state index contributed by atoms with van der Waals surface area (Å²) in [5.74, 6) is 0.0381. The van der Waals surface area contributed by atoms with Gasteiger partial charge in [0.05, 0.1) is 29.7 Å². The lowest BCUT2D eigenvalue weighted by Crippen LogP contribution is -2.51. The van der Waals surface area contributed by atoms with Crippen molar-refractivity contribution in [1.82, 2.24) is 10.2 Å². The van der Waals surface area contributed by atoms with Crippen LogP contribution >= 0.6 is 0 Å². The van der Waals surface area contributed by atoms with Gasteiger partial charge >= 0.3 is 0 Å². The van der Waals surface area contributed by atoms with Crippen LogP contribution in [0.4, 0.5) is 11.4 Å². The van der Waals surface area contributed by atoms with Gasteiger partial charge in [0.1, 0.15) is 24.1 Å². The Labute approximate surface area is 257 Å². The number of sulfonamides is 1. The van der Waals surface area contributed by atoms with Gasteiger partial charge in [-0.05, 0) is 68.3 Å². The number of nitro groups is 1. The van der Waals surface area contributed by atoms with E-state index in [1.807, 2.05) is 6.92 Å². The van der Waals surface area contributed by atoms with Crippen molar-refractivity contribution < 1.29 is 32.4 Å². The predicted molar refractivity (Wildman–Crippen MR) is 166 cm³/mol. The van der Waals surface area contributed by atoms with Crippen LogP contribution < -0.4 is 19.1 Å². The summed E-state index contributed by atoms with van der Waals surface area (Å²) in [5.41, 5.74) is 0.743. The Morgan fingerprint density at radius 2 is 1.57 bits per heavy atom. The molecule has 0 radical (unpaired) electrons. The molecule has 0 aliphatic carbocycles. The Balaban J connectivity index is 2.06. The number of amides is 2. The number of hydrogen-bond acceptors (Lipinski definition) is 8. The van der Waals surface area contributed by atoms with E-state index >= 15 is 0 Å². The molecule has 1 N–H and O–H groups in total. The van der Waals surface area contributed by atoms with Crippen molar-refractivity contribution in [2.75, 3.05) is 31.6 Å². The van der Waals surface area contributed by atoms with Crippen LogP contribution in [0.25, 0.3) is 0 Å². The highest BCUT2D eigenvalue weighted by atomic mass is 32.2. The van der Waals surface area contributed by atoms with Gasteiger partial charge in [0.2, 0.25) is 11.8 Å². The number of rotatable bonds is 15. The Morgan fingerprint density at radius 3 is 2.11 bits per heavy atom. The van der Waals surface area contributed by atoms with Crippen molar-refractivity contribution in [2.45, 2.75) is 51.1 Å². The number of hydrogen-bond donors (Lipinski definition) is 1. The summed E-state index contributed by atoms with van der Waals surface area (Å²) >= 11 is 0. The zero-order valence-electron chi connectivity index (χ0n) is 25.5. The fourth-order valence-electron chi connectivity index (χ4n) is 4.40. The highest BCUT2D eigenvalue weighted by molar-refractivity contribution is 7.92. The summed E-state index contributed by atoms with van der Waals surface area (Å²) in [7, 11) is -1.50. The fourth-order valence-corrected chi connectivity index (χ4v) is 5.83. The van der Waals surface area contributed by atoms with Crippen LogP contribution in [-0.2, 0) is 26.2 Å². The van der Waals surface area contributed by atoms with E-state index in [0.29, 0.717) is 23.6 Å². The molecule has 0 aromatic heterocycles. The third kappa shape index (κ3) is 8.25. The molecule has 0 bridgehead atoms. The van der Waals surface area contributed by atoms with Gasteiger partial charge in [-0.25, -0.2) is 8.42 Å². The van der Waals surface area contributed by atoms with Crippen LogP contribution in [0, 0.1) is 17.0 Å². The molecule has 0 saturated carbocycles. The van der Waals surface area contributed by atoms with Crippen molar-refractivity contribution in [3.8, 4) is 11.5 Å². The number of nitro benzene ring substituents is 1. The van der Waals surface area contributed by atoms with Gasteiger partial charge in [0.25, 0.3) is 15.7 Å². The van der Waals surface area contributed by atoms with Crippen molar-refractivity contribution in [3.05, 3.63) is 88.0 Å². The zero-order chi connectivity index (χ0) is 32.4. The van der Waals surface area contributed by atoms with Crippen LogP contribution in [-0.4, -0.2) is 63.4 Å². The number of ether oxygens (including phenoxy) is 2. The quantitative estimate of drug-likeness (QED) is 0.148. The summed E-state index contributed by atoms with van der Waals surface area (Å²) in [6, 6.07) is 15.6. The molecule has 2 amide bonds. The molecule has 0 aliphatic heterocycles. The standard InChI is InChI=1S/C31H38N4O8S/c1-6-7-18-32-31(37)23(3)33(20-24-9-13-26(42-4)14-10-24)30(36)21-34(25-11-15-27(43-5)16-12-25)44(40,41)28-17-8-22(2)29(19-28)35(38)39/h8-17,19,23H,6-7,18,20-21H2,1-5H3,(H,32,37)/t23-/m0/s1. The third-order valence-corrected chi connectivity index (χ3v) is 8.88. The minimum Gasteiger partial charge on any atom is -0.497 e. The second kappa shape index (κ2) is 15.2. The molecule has 0 heterocycles. The van der Waals surface area contributed by atoms with E-state index in [-0.39, 0.29) is 34.3 Å². The van der Waals surface area contributed by atoms with Gasteiger partial charge in [-0.1, -0.05) is 31.5 Å². The number of unbranched alkanes of at least 4 members (excludes halogenated alkanes) is 1. The Kier molecular flexibility index (Phi) is 11.7. The average molecular weight is 627 g/mol. The predicted octanol–water partition coefficient (Wildman–Crippen LogP) is 4.45. The van der Waals surface area contributed by atoms with E-state index in [4.69, 9.17) is 9.47 Å². The maximum Gasteiger partial charge on any atom is 0.273 e. The first-order chi connectivity index (χ1) is 20.9. The molecule has 3 rings (SSSR count). The highest BCUT2D eigenvalue weighted by Crippen LogP contribution is 2.29. The van der Waals surface area contributed by atoms with Crippen LogP contribution in [0.3, 0.4) is 0 Å². The molecule has 44 heavy (non-hydrogen) atoms. The van der Waals surface area contributed by atoms with Crippen molar-refractivity contribution in [2.24, 2.45) is 0 Å². The SMILES string of the molecule is CCCCNC(=O)[C@H](C)N(Cc1ccc(OC)cc1)C(=O)CN(c1ccc(OC)cc1)S(=O)(=O)c1ccc(C)c([N+](=O)[O-])c1. The van der Waals surface area contributed by atoms with Gasteiger partial charge in [-0.2, -0.15) is 0 Å². The number of benzene rings is 3. The molecule has 0 aliphatic rings. The number of aryl methyl sites for hydroxylation is 1. The molecule has 1 atom stereocenters. The van der Waals surface area contributed by atoms with E-state index in [1.165, 1.54) is 50.3 Å². The van der Waals surface area contributed by atoms with Crippen LogP contribution in [0.1, 0.15) is 37.8 Å². The zero-order valence-corrected chi connectivity index (χ0v) is 26.3. The largest absolute Gasteiger partial charge is 0.497 e. The van der Waals surface area contributed by atoms with Crippen LogP contribution in [0.15, 0.2) is 71.6 Å². The van der Waals surface area contributed by atoms with Gasteiger partial charge in [-0.3, -0.25) is 24.0 Å². The molecule has 0 unspecified atom stereocenters. The normalized spacial score (nSPS) is 11.8. The summed E-state index contributed by atoms with van der Waals surface area (Å²) in [6.45, 7) is 4.84. The van der Waals surface area contributed by atoms with Crippen LogP contribution in [0.5, 0.6) is 11.5 Å². The minimum absolute atomic E-state index is 0.0116. The Morgan fingerprint density at radius 1 is 0.977 bits per heavy atom. The summed E-state index contributed by atoms with van der Waals surface area (Å²) in [6.07, 6.45) is 1.63. The summed E-state index contributed by atoms with van der Waals surface area (Å²) < 4.78 is 39.4. The second-order valence-corrected chi connectivity index (χ2v) is 12.0. The van der Waals surface area contributed by atoms with E-state index in [2.05, 4.69) is 5.32 Å². The van der Waals surface area contributed by atoms with Crippen molar-refractivity contribution in [1.29, 1.82) is 0 Å². The first-order valence-corrected chi connectivity index (χ1v) is 15.5. The van der Waals surface area contributed by atoms with Gasteiger partial charge in [-0.15, -0.1) is 0 Å². The number of nitrogens with zero attached hydrogens (tertiary/aromatic N) is 3. The topological polar surface area (TPSA) is 148 Å². The molecule has 12 nitrogen and oxygen atoms in total. The molecule has 3 aromatic rings. The van der Waals surface area contributed by atoms with Crippen molar-refractivity contribution >= 4 is 33.2 Å². The molecule has 3 aromatic carbocycles. The lowest BCUT2D eigenvalue weighted by atomic mass is 10.1. The number of nitrogens with one attached hydrogen (secondary N) is 1. The minimum atomic E-state index is -4.50. The lowest BCUT2D eigenvalue weighted by Gasteiger charge is -2.32. The van der Waals surface area contributed by atoms with E-state index in [9.17, 15) is 28.1 Å². The van der Waals surface area contributed by atoms with E-state index < -0.39 is 33.4 Å². The number of carbonyl (C=O) groups is 2. The fraction of sp³-hybridized carbons (Fsp3) is 0.355. The Bertz CT molecular complexity index is 1560. The molecular weight excluding hydrogens is 588 g/mol. The molecular formula is C31H38N4O8S. The number of carbonyl (C=O) groups excluding carboxylic acids is 2. The van der Waals surface area contributed by atoms with E-state index in [0.717, 1.165) is 23.2 Å². The number of anilines is 1. The lowest BCUT2D eigenvalue weighted by molar-refractivity contribution is -0.385. The maximum atomic E-state index is 14.0. The summed E-state index contributed by atoms with van der Waals surface area (Å²) in [5, 5.41) is 14.4. The molecule has 0 saturated heterocycles. The molecule has 13 heteroatoms. The van der Waals surface area contributed by atoms with Crippen LogP contribution in [0.2, 0.25) is 0 Å². The monoisotopic (exact) mass is 626 g/mol. The van der Waals surface area contributed by atoms with Gasteiger partial charge < -0.3 is 19.7 Å². The maximum absolute atomic E-state index is 14.0. The summed E-state index contributed by atoms with van der Waals surface area (Å²) in [4.78, 5) is 39.0. The second-order valence-electron chi connectivity index (χ2n) is 10.1.